The summed E-state index contributed by atoms with van der Waals surface area (Å²) < 4.78 is 44.7. The number of amides is 1. The fourth-order valence-corrected chi connectivity index (χ4v) is 6.49. The van der Waals surface area contributed by atoms with E-state index < -0.39 is 45.9 Å². The van der Waals surface area contributed by atoms with E-state index in [1.54, 1.807) is 0 Å². The zero-order valence-corrected chi connectivity index (χ0v) is 22.8. The number of carbonyl (C=O) groups excluding carboxylic acids is 1. The number of nitrogens with one attached hydrogen (secondary N) is 1. The molecule has 1 amide bonds. The van der Waals surface area contributed by atoms with Crippen LogP contribution >= 0.6 is 0 Å². The fraction of sp³-hybridized carbons (Fsp3) is 0.519. The summed E-state index contributed by atoms with van der Waals surface area (Å²) in [7, 11) is -4.17. The van der Waals surface area contributed by atoms with E-state index in [4.69, 9.17) is 14.2 Å². The number of hydrogen-bond donors (Lipinski definition) is 4. The second-order valence-electron chi connectivity index (χ2n) is 10.3. The molecular formula is C27H36N2O9S. The lowest BCUT2D eigenvalue weighted by atomic mass is 10.0. The summed E-state index contributed by atoms with van der Waals surface area (Å²) in [6, 6.07) is 11.6. The van der Waals surface area contributed by atoms with Crippen LogP contribution in [0.1, 0.15) is 25.8 Å². The minimum absolute atomic E-state index is 0.0540. The smallest absolute Gasteiger partial charge is 0.407 e. The number of sulfonamides is 1. The van der Waals surface area contributed by atoms with Gasteiger partial charge in [-0.1, -0.05) is 44.2 Å². The molecule has 214 valence electrons. The molecule has 0 aromatic heterocycles. The van der Waals surface area contributed by atoms with Crippen molar-refractivity contribution >= 4 is 16.1 Å². The molecule has 2 saturated heterocycles. The van der Waals surface area contributed by atoms with Gasteiger partial charge in [-0.2, -0.15) is 4.31 Å². The quantitative estimate of drug-likeness (QED) is 0.301. The Hall–Kier alpha value is -2.90. The molecule has 0 spiro atoms. The molecule has 2 heterocycles. The molecule has 5 atom stereocenters. The Morgan fingerprint density at radius 1 is 1.10 bits per heavy atom. The van der Waals surface area contributed by atoms with Gasteiger partial charge in [0.1, 0.15) is 6.10 Å². The van der Waals surface area contributed by atoms with Crippen LogP contribution in [0.4, 0.5) is 4.79 Å². The van der Waals surface area contributed by atoms with Crippen molar-refractivity contribution in [2.75, 3.05) is 26.3 Å². The molecule has 11 nitrogen and oxygen atoms in total. The Morgan fingerprint density at radius 3 is 2.54 bits per heavy atom. The number of benzene rings is 2. The average molecular weight is 565 g/mol. The van der Waals surface area contributed by atoms with Crippen LogP contribution in [0.25, 0.3) is 0 Å². The number of phenolic OH excluding ortho intramolecular Hbond substituents is 2. The van der Waals surface area contributed by atoms with E-state index in [1.165, 1.54) is 6.07 Å². The predicted octanol–water partition coefficient (Wildman–Crippen LogP) is 2.20. The molecule has 0 saturated carbocycles. The van der Waals surface area contributed by atoms with Gasteiger partial charge in [0.2, 0.25) is 10.0 Å². The highest BCUT2D eigenvalue weighted by Gasteiger charge is 2.44. The third-order valence-electron chi connectivity index (χ3n) is 6.85. The second-order valence-corrected chi connectivity index (χ2v) is 12.3. The summed E-state index contributed by atoms with van der Waals surface area (Å²) >= 11 is 0. The van der Waals surface area contributed by atoms with Crippen LogP contribution in [-0.4, -0.2) is 85.0 Å². The van der Waals surface area contributed by atoms with Crippen molar-refractivity contribution in [2.45, 2.75) is 56.1 Å². The van der Waals surface area contributed by atoms with Crippen molar-refractivity contribution in [1.29, 1.82) is 0 Å². The lowest BCUT2D eigenvalue weighted by molar-refractivity contribution is -0.0907. The summed E-state index contributed by atoms with van der Waals surface area (Å²) in [4.78, 5) is 12.7. The highest BCUT2D eigenvalue weighted by Crippen LogP contribution is 2.33. The zero-order valence-electron chi connectivity index (χ0n) is 22.0. The van der Waals surface area contributed by atoms with Gasteiger partial charge in [-0.15, -0.1) is 0 Å². The van der Waals surface area contributed by atoms with Gasteiger partial charge in [0.15, 0.2) is 17.8 Å². The first kappa shape index (κ1) is 29.1. The number of alkyl carbamates (subject to hydrolysis) is 1. The van der Waals surface area contributed by atoms with Crippen molar-refractivity contribution in [3.8, 4) is 11.5 Å². The maximum atomic E-state index is 13.5. The van der Waals surface area contributed by atoms with Crippen LogP contribution in [0, 0.1) is 11.8 Å². The molecule has 2 aromatic carbocycles. The van der Waals surface area contributed by atoms with Gasteiger partial charge in [-0.3, -0.25) is 0 Å². The van der Waals surface area contributed by atoms with Crippen LogP contribution < -0.4 is 5.32 Å². The number of nitrogens with zero attached hydrogens (tertiary/aromatic N) is 1. The Kier molecular flexibility index (Phi) is 9.34. The molecule has 0 bridgehead atoms. The largest absolute Gasteiger partial charge is 0.504 e. The number of aromatic hydroxyl groups is 2. The summed E-state index contributed by atoms with van der Waals surface area (Å²) in [5.41, 5.74) is 0.831. The van der Waals surface area contributed by atoms with Crippen molar-refractivity contribution in [3.05, 3.63) is 54.1 Å². The molecule has 0 aliphatic carbocycles. The van der Waals surface area contributed by atoms with Gasteiger partial charge in [0.25, 0.3) is 0 Å². The summed E-state index contributed by atoms with van der Waals surface area (Å²) in [6.45, 7) is 4.17. The van der Waals surface area contributed by atoms with Gasteiger partial charge in [0.05, 0.1) is 36.2 Å². The van der Waals surface area contributed by atoms with Crippen LogP contribution in [0.5, 0.6) is 11.5 Å². The van der Waals surface area contributed by atoms with Crippen molar-refractivity contribution in [2.24, 2.45) is 11.8 Å². The summed E-state index contributed by atoms with van der Waals surface area (Å²) in [5, 5.41) is 33.5. The third kappa shape index (κ3) is 7.20. The first-order valence-corrected chi connectivity index (χ1v) is 14.4. The highest BCUT2D eigenvalue weighted by atomic mass is 32.2. The Bertz CT molecular complexity index is 1230. The Labute approximate surface area is 228 Å². The van der Waals surface area contributed by atoms with E-state index >= 15 is 0 Å². The molecule has 4 N–H and O–H groups in total. The van der Waals surface area contributed by atoms with E-state index in [0.29, 0.717) is 13.0 Å². The van der Waals surface area contributed by atoms with E-state index in [-0.39, 0.29) is 49.1 Å². The number of ether oxygens (including phenoxy) is 3. The lowest BCUT2D eigenvalue weighted by Gasteiger charge is -2.31. The molecule has 2 aliphatic heterocycles. The number of rotatable bonds is 11. The molecule has 2 aliphatic rings. The van der Waals surface area contributed by atoms with Gasteiger partial charge < -0.3 is 34.8 Å². The third-order valence-corrected chi connectivity index (χ3v) is 8.68. The molecule has 2 fully saturated rings. The topological polar surface area (TPSA) is 155 Å². The molecule has 2 aromatic rings. The minimum atomic E-state index is -4.17. The van der Waals surface area contributed by atoms with Gasteiger partial charge in [-0.05, 0) is 36.5 Å². The second kappa shape index (κ2) is 12.5. The fourth-order valence-electron chi connectivity index (χ4n) is 4.85. The van der Waals surface area contributed by atoms with Gasteiger partial charge in [-0.25, -0.2) is 13.2 Å². The van der Waals surface area contributed by atoms with Crippen molar-refractivity contribution in [1.82, 2.24) is 9.62 Å². The standard InChI is InChI=1S/C27H36N2O9S/c1-17(2)14-29(39(34,35)19-8-9-22(30)23(31)13-19)15-24(32)21(12-18-6-4-3-5-7-18)28-27(33)38-25-16-37-26-20(25)10-11-36-26/h3-9,13,17,20-21,24-26,30-32H,10-12,14-16H2,1-2H3,(H,28,33)/t20?,21-,24+,25?,26?/m0/s1. The summed E-state index contributed by atoms with van der Waals surface area (Å²) in [6.07, 6.45) is -1.97. The SMILES string of the molecule is CC(C)CN(C[C@@H](O)[C@H](Cc1ccccc1)NC(=O)OC1COC2OCCC12)S(=O)(=O)c1ccc(O)c(O)c1. The van der Waals surface area contributed by atoms with Crippen LogP contribution in [-0.2, 0) is 30.7 Å². The van der Waals surface area contributed by atoms with Crippen LogP contribution in [0.15, 0.2) is 53.4 Å². The number of hydrogen-bond acceptors (Lipinski definition) is 9. The molecule has 12 heteroatoms. The first-order chi connectivity index (χ1) is 18.5. The van der Waals surface area contributed by atoms with E-state index in [2.05, 4.69) is 5.32 Å². The number of carbonyl (C=O) groups is 1. The maximum absolute atomic E-state index is 13.5. The lowest BCUT2D eigenvalue weighted by Crippen LogP contribution is -2.51. The average Bonchev–Trinajstić information content (AvgIpc) is 3.50. The summed E-state index contributed by atoms with van der Waals surface area (Å²) in [5.74, 6) is -1.16. The Morgan fingerprint density at radius 2 is 1.85 bits per heavy atom. The van der Waals surface area contributed by atoms with Crippen molar-refractivity contribution in [3.63, 3.8) is 0 Å². The normalized spacial score (nSPS) is 22.5. The van der Waals surface area contributed by atoms with E-state index in [9.17, 15) is 28.5 Å². The zero-order chi connectivity index (χ0) is 28.2. The van der Waals surface area contributed by atoms with Crippen LogP contribution in [0.2, 0.25) is 0 Å². The molecule has 4 rings (SSSR count). The first-order valence-electron chi connectivity index (χ1n) is 13.0. The number of fused-ring (bicyclic) bond motifs is 1. The van der Waals surface area contributed by atoms with E-state index in [0.717, 1.165) is 22.0 Å². The minimum Gasteiger partial charge on any atom is -0.504 e. The van der Waals surface area contributed by atoms with Gasteiger partial charge in [0, 0.05) is 19.2 Å². The molecular weight excluding hydrogens is 528 g/mol. The molecule has 0 radical (unpaired) electrons. The number of phenols is 2. The molecule has 3 unspecified atom stereocenters. The van der Waals surface area contributed by atoms with E-state index in [1.807, 2.05) is 44.2 Å². The predicted molar refractivity (Wildman–Crippen MR) is 141 cm³/mol. The van der Waals surface area contributed by atoms with Gasteiger partial charge >= 0.3 is 6.09 Å². The highest BCUT2D eigenvalue weighted by molar-refractivity contribution is 7.89. The maximum Gasteiger partial charge on any atom is 0.407 e. The Balaban J connectivity index is 1.52. The van der Waals surface area contributed by atoms with Crippen molar-refractivity contribution < 1.29 is 42.7 Å². The monoisotopic (exact) mass is 564 g/mol. The van der Waals surface area contributed by atoms with Crippen LogP contribution in [0.3, 0.4) is 0 Å². The number of aliphatic hydroxyl groups is 1. The molecule has 39 heavy (non-hydrogen) atoms. The number of aliphatic hydroxyl groups excluding tert-OH is 1.